The fraction of sp³-hybridized carbons (Fsp3) is 0.0385. The van der Waals surface area contributed by atoms with Crippen molar-refractivity contribution in [2.75, 3.05) is 5.32 Å². The summed E-state index contributed by atoms with van der Waals surface area (Å²) in [4.78, 5) is 36.9. The van der Waals surface area contributed by atoms with Gasteiger partial charge in [0.25, 0.3) is 11.8 Å². The predicted octanol–water partition coefficient (Wildman–Crippen LogP) is 3.81. The lowest BCUT2D eigenvalue weighted by atomic mass is 10.1. The van der Waals surface area contributed by atoms with Gasteiger partial charge in [-0.3, -0.25) is 19.1 Å². The summed E-state index contributed by atoms with van der Waals surface area (Å²) in [7, 11) is 0. The minimum Gasteiger partial charge on any atom is -0.368 e. The Morgan fingerprint density at radius 2 is 1.58 bits per heavy atom. The molecule has 0 unspecified atom stereocenters. The van der Waals surface area contributed by atoms with Crippen LogP contribution in [0.25, 0.3) is 11.3 Å². The number of nitrogens with two attached hydrogens (primary N) is 1. The first kappa shape index (κ1) is 24.6. The molecule has 4 rings (SSSR count). The van der Waals surface area contributed by atoms with Crippen molar-refractivity contribution in [3.8, 4) is 11.3 Å². The van der Waals surface area contributed by atoms with Gasteiger partial charge >= 0.3 is 0 Å². The number of rotatable bonds is 8. The zero-order valence-electron chi connectivity index (χ0n) is 18.9. The fourth-order valence-corrected chi connectivity index (χ4v) is 3.90. The Balaban J connectivity index is 1.53. The maximum atomic E-state index is 12.9. The summed E-state index contributed by atoms with van der Waals surface area (Å²) in [5.74, 6) is -1.41. The Bertz CT molecular complexity index is 1450. The highest BCUT2D eigenvalue weighted by Gasteiger charge is 2.16. The molecule has 0 spiro atoms. The fourth-order valence-electron chi connectivity index (χ4n) is 3.44. The zero-order chi connectivity index (χ0) is 25.5. The van der Waals surface area contributed by atoms with Gasteiger partial charge in [0.1, 0.15) is 12.2 Å². The second-order valence-electron chi connectivity index (χ2n) is 7.64. The van der Waals surface area contributed by atoms with E-state index in [1.165, 1.54) is 10.9 Å². The minimum atomic E-state index is -0.532. The SMILES string of the molecule is NC(=O)Cn1cc(/C=N\NC(=O)c2ccccc2NC(=O)c2ccccc2Br)c(-c2ccccc2)n1. The number of halogens is 1. The number of para-hydroxylation sites is 1. The lowest BCUT2D eigenvalue weighted by Crippen LogP contribution is -2.21. The molecule has 4 aromatic rings. The highest BCUT2D eigenvalue weighted by Crippen LogP contribution is 2.22. The number of hydrogen-bond acceptors (Lipinski definition) is 5. The van der Waals surface area contributed by atoms with E-state index in [-0.39, 0.29) is 18.0 Å². The summed E-state index contributed by atoms with van der Waals surface area (Å²) in [6.07, 6.45) is 3.06. The molecule has 1 heterocycles. The highest BCUT2D eigenvalue weighted by molar-refractivity contribution is 9.10. The maximum absolute atomic E-state index is 12.9. The molecule has 0 fully saturated rings. The standard InChI is InChI=1S/C26H21BrN6O3/c27-21-12-6-4-10-19(21)25(35)30-22-13-7-5-11-20(22)26(36)31-29-14-18-15-33(16-23(28)34)32-24(18)17-8-2-1-3-9-17/h1-15H,16H2,(H2,28,34)(H,30,35)(H,31,36)/b29-14-. The first-order chi connectivity index (χ1) is 17.4. The van der Waals surface area contributed by atoms with Crippen molar-refractivity contribution in [2.24, 2.45) is 10.8 Å². The van der Waals surface area contributed by atoms with Crippen molar-refractivity contribution >= 4 is 45.6 Å². The van der Waals surface area contributed by atoms with Crippen LogP contribution >= 0.6 is 15.9 Å². The largest absolute Gasteiger partial charge is 0.368 e. The molecular weight excluding hydrogens is 524 g/mol. The van der Waals surface area contributed by atoms with Crippen molar-refractivity contribution in [1.29, 1.82) is 0 Å². The molecule has 0 aliphatic heterocycles. The van der Waals surface area contributed by atoms with Crippen LogP contribution < -0.4 is 16.5 Å². The van der Waals surface area contributed by atoms with Crippen LogP contribution in [0.5, 0.6) is 0 Å². The van der Waals surface area contributed by atoms with Gasteiger partial charge in [0.2, 0.25) is 5.91 Å². The second-order valence-corrected chi connectivity index (χ2v) is 8.50. The van der Waals surface area contributed by atoms with Crippen LogP contribution in [-0.4, -0.2) is 33.7 Å². The third-order valence-corrected chi connectivity index (χ3v) is 5.75. The number of hydrogen-bond donors (Lipinski definition) is 3. The van der Waals surface area contributed by atoms with E-state index in [2.05, 4.69) is 36.9 Å². The quantitative estimate of drug-likeness (QED) is 0.230. The van der Waals surface area contributed by atoms with Gasteiger partial charge in [0, 0.05) is 21.8 Å². The minimum absolute atomic E-state index is 0.0926. The van der Waals surface area contributed by atoms with Gasteiger partial charge in [-0.1, -0.05) is 54.6 Å². The van der Waals surface area contributed by atoms with Crippen molar-refractivity contribution < 1.29 is 14.4 Å². The lowest BCUT2D eigenvalue weighted by molar-refractivity contribution is -0.118. The molecule has 4 N–H and O–H groups in total. The number of amides is 3. The normalized spacial score (nSPS) is 10.8. The Hall–Kier alpha value is -4.57. The predicted molar refractivity (Wildman–Crippen MR) is 140 cm³/mol. The number of carbonyl (C=O) groups is 3. The molecule has 1 aromatic heterocycles. The van der Waals surface area contributed by atoms with Crippen LogP contribution in [0.15, 0.2) is 94.6 Å². The van der Waals surface area contributed by atoms with E-state index in [0.717, 1.165) is 5.56 Å². The summed E-state index contributed by atoms with van der Waals surface area (Å²) in [5.41, 5.74) is 10.8. The van der Waals surface area contributed by atoms with Crippen LogP contribution in [0.2, 0.25) is 0 Å². The number of aromatic nitrogens is 2. The number of hydrazone groups is 1. The van der Waals surface area contributed by atoms with Crippen LogP contribution in [-0.2, 0) is 11.3 Å². The third kappa shape index (κ3) is 5.91. The molecule has 0 bridgehead atoms. The zero-order valence-corrected chi connectivity index (χ0v) is 20.5. The van der Waals surface area contributed by atoms with Gasteiger partial charge in [-0.25, -0.2) is 5.43 Å². The molecule has 3 aromatic carbocycles. The smallest absolute Gasteiger partial charge is 0.273 e. The van der Waals surface area contributed by atoms with Crippen molar-refractivity contribution in [1.82, 2.24) is 15.2 Å². The number of nitrogens with one attached hydrogen (secondary N) is 2. The molecule has 36 heavy (non-hydrogen) atoms. The van der Waals surface area contributed by atoms with Gasteiger partial charge in [0.05, 0.1) is 23.0 Å². The van der Waals surface area contributed by atoms with Crippen LogP contribution in [0.4, 0.5) is 5.69 Å². The average molecular weight is 545 g/mol. The Kier molecular flexibility index (Phi) is 7.66. The van der Waals surface area contributed by atoms with Crippen LogP contribution in [0, 0.1) is 0 Å². The molecule has 0 aliphatic carbocycles. The van der Waals surface area contributed by atoms with E-state index >= 15 is 0 Å². The molecule has 0 radical (unpaired) electrons. The van der Waals surface area contributed by atoms with Gasteiger partial charge in [-0.05, 0) is 40.2 Å². The molecule has 0 atom stereocenters. The summed E-state index contributed by atoms with van der Waals surface area (Å²) < 4.78 is 2.06. The second kappa shape index (κ2) is 11.2. The third-order valence-electron chi connectivity index (χ3n) is 5.06. The monoisotopic (exact) mass is 544 g/mol. The van der Waals surface area contributed by atoms with E-state index in [0.29, 0.717) is 27.0 Å². The van der Waals surface area contributed by atoms with E-state index < -0.39 is 11.8 Å². The molecule has 10 heteroatoms. The van der Waals surface area contributed by atoms with Crippen LogP contribution in [0.1, 0.15) is 26.3 Å². The molecule has 9 nitrogen and oxygen atoms in total. The molecule has 180 valence electrons. The summed E-state index contributed by atoms with van der Waals surface area (Å²) >= 11 is 3.36. The topological polar surface area (TPSA) is 131 Å². The first-order valence-electron chi connectivity index (χ1n) is 10.8. The Labute approximate surface area is 215 Å². The summed E-state index contributed by atoms with van der Waals surface area (Å²) in [5, 5.41) is 11.3. The number of carbonyl (C=O) groups excluding carboxylic acids is 3. The number of primary amides is 1. The van der Waals surface area contributed by atoms with E-state index in [1.54, 1.807) is 54.7 Å². The molecule has 0 aliphatic rings. The van der Waals surface area contributed by atoms with Crippen molar-refractivity contribution in [3.05, 3.63) is 106 Å². The number of nitrogens with zero attached hydrogens (tertiary/aromatic N) is 3. The van der Waals surface area contributed by atoms with Crippen LogP contribution in [0.3, 0.4) is 0 Å². The van der Waals surface area contributed by atoms with E-state index in [9.17, 15) is 14.4 Å². The average Bonchev–Trinajstić information content (AvgIpc) is 3.26. The van der Waals surface area contributed by atoms with E-state index in [4.69, 9.17) is 5.73 Å². The van der Waals surface area contributed by atoms with Crippen molar-refractivity contribution in [2.45, 2.75) is 6.54 Å². The van der Waals surface area contributed by atoms with E-state index in [1.807, 2.05) is 30.3 Å². The highest BCUT2D eigenvalue weighted by atomic mass is 79.9. The number of benzene rings is 3. The molecular formula is C26H21BrN6O3. The Morgan fingerprint density at radius 1 is 0.917 bits per heavy atom. The molecule has 0 saturated carbocycles. The Morgan fingerprint density at radius 3 is 2.31 bits per heavy atom. The summed E-state index contributed by atoms with van der Waals surface area (Å²) in [6.45, 7) is -0.0926. The first-order valence-corrected chi connectivity index (χ1v) is 11.6. The molecule has 3 amide bonds. The molecule has 0 saturated heterocycles. The maximum Gasteiger partial charge on any atom is 0.273 e. The number of anilines is 1. The van der Waals surface area contributed by atoms with Crippen molar-refractivity contribution in [3.63, 3.8) is 0 Å². The van der Waals surface area contributed by atoms with Gasteiger partial charge in [-0.15, -0.1) is 0 Å². The van der Waals surface area contributed by atoms with Gasteiger partial charge in [0.15, 0.2) is 0 Å². The lowest BCUT2D eigenvalue weighted by Gasteiger charge is -2.10. The summed E-state index contributed by atoms with van der Waals surface area (Å²) in [6, 6.07) is 23.0. The van der Waals surface area contributed by atoms with Gasteiger partial charge in [-0.2, -0.15) is 10.2 Å². The van der Waals surface area contributed by atoms with Gasteiger partial charge < -0.3 is 11.1 Å².